The lowest BCUT2D eigenvalue weighted by Gasteiger charge is -2.53. The second kappa shape index (κ2) is 8.02. The van der Waals surface area contributed by atoms with E-state index in [0.29, 0.717) is 22.9 Å². The zero-order valence-corrected chi connectivity index (χ0v) is 17.2. The molecule has 29 heavy (non-hydrogen) atoms. The molecule has 8 nitrogen and oxygen atoms in total. The number of hydrogen-bond donors (Lipinski definition) is 5. The van der Waals surface area contributed by atoms with Crippen LogP contribution in [0.15, 0.2) is 18.2 Å². The van der Waals surface area contributed by atoms with Gasteiger partial charge in [0.1, 0.15) is 0 Å². The van der Waals surface area contributed by atoms with E-state index >= 15 is 0 Å². The maximum absolute atomic E-state index is 12.1. The Balaban J connectivity index is 2.16. The first-order valence-electron chi connectivity index (χ1n) is 9.16. The van der Waals surface area contributed by atoms with Gasteiger partial charge in [-0.25, -0.2) is 9.59 Å². The molecule has 2 aliphatic rings. The average molecular weight is 448 g/mol. The zero-order valence-electron chi connectivity index (χ0n) is 15.6. The summed E-state index contributed by atoms with van der Waals surface area (Å²) >= 11 is 12.2. The molecule has 2 aliphatic heterocycles. The molecule has 0 saturated carbocycles. The van der Waals surface area contributed by atoms with Gasteiger partial charge in [-0.2, -0.15) is 0 Å². The van der Waals surface area contributed by atoms with Crippen LogP contribution in [0.4, 0.5) is 0 Å². The predicted molar refractivity (Wildman–Crippen MR) is 104 cm³/mol. The van der Waals surface area contributed by atoms with E-state index < -0.39 is 35.1 Å². The largest absolute Gasteiger partial charge is 0.479 e. The molecular formula is C19H23Cl2NO7. The number of aliphatic hydroxyl groups excluding tert-OH is 1. The van der Waals surface area contributed by atoms with Crippen LogP contribution in [0.3, 0.4) is 0 Å². The highest BCUT2D eigenvalue weighted by Gasteiger charge is 2.70. The van der Waals surface area contributed by atoms with Crippen LogP contribution in [0.2, 0.25) is 10.0 Å². The molecule has 2 heterocycles. The van der Waals surface area contributed by atoms with E-state index in [4.69, 9.17) is 27.9 Å². The summed E-state index contributed by atoms with van der Waals surface area (Å²) in [6.45, 7) is 0.0343. The predicted octanol–water partition coefficient (Wildman–Crippen LogP) is 1.50. The maximum Gasteiger partial charge on any atom is 0.341 e. The smallest absolute Gasteiger partial charge is 0.341 e. The molecule has 0 spiro atoms. The van der Waals surface area contributed by atoms with Crippen molar-refractivity contribution in [2.45, 2.75) is 48.5 Å². The first kappa shape index (κ1) is 22.3. The highest BCUT2D eigenvalue weighted by Crippen LogP contribution is 2.53. The van der Waals surface area contributed by atoms with Crippen molar-refractivity contribution in [2.24, 2.45) is 5.92 Å². The van der Waals surface area contributed by atoms with Gasteiger partial charge in [0.05, 0.1) is 22.2 Å². The summed E-state index contributed by atoms with van der Waals surface area (Å²) in [5, 5.41) is 44.5. The van der Waals surface area contributed by atoms with Gasteiger partial charge in [-0.15, -0.1) is 0 Å². The Kier molecular flexibility index (Phi) is 6.16. The highest BCUT2D eigenvalue weighted by atomic mass is 35.5. The fraction of sp³-hybridized carbons (Fsp3) is 0.579. The Bertz CT molecular complexity index is 822. The van der Waals surface area contributed by atoms with Crippen LogP contribution < -0.4 is 5.32 Å². The topological polar surface area (TPSA) is 136 Å². The number of benzene rings is 1. The van der Waals surface area contributed by atoms with Crippen LogP contribution >= 0.6 is 23.2 Å². The number of aliphatic hydroxyl groups is 2. The van der Waals surface area contributed by atoms with E-state index in [9.17, 15) is 30.0 Å². The third-order valence-corrected chi connectivity index (χ3v) is 7.10. The zero-order chi connectivity index (χ0) is 21.6. The van der Waals surface area contributed by atoms with E-state index in [1.807, 2.05) is 0 Å². The quantitative estimate of drug-likeness (QED) is 0.424. The molecular weight excluding hydrogens is 425 g/mol. The number of carboxylic acids is 2. The van der Waals surface area contributed by atoms with Crippen molar-refractivity contribution in [3.05, 3.63) is 33.8 Å². The first-order chi connectivity index (χ1) is 13.6. The fourth-order valence-electron chi connectivity index (χ4n) is 5.06. The molecule has 2 fully saturated rings. The number of hydrogen-bond acceptors (Lipinski definition) is 6. The van der Waals surface area contributed by atoms with Gasteiger partial charge in [-0.05, 0) is 42.9 Å². The van der Waals surface area contributed by atoms with Crippen LogP contribution in [-0.2, 0) is 14.3 Å². The number of halogens is 2. The van der Waals surface area contributed by atoms with E-state index in [2.05, 4.69) is 5.32 Å². The number of nitrogens with one attached hydrogen (secondary N) is 1. The van der Waals surface area contributed by atoms with E-state index in [0.717, 1.165) is 5.56 Å². The van der Waals surface area contributed by atoms with Crippen molar-refractivity contribution >= 4 is 35.1 Å². The molecule has 0 aliphatic carbocycles. The molecule has 2 bridgehead atoms. The Morgan fingerprint density at radius 3 is 2.59 bits per heavy atom. The second-order valence-electron chi connectivity index (χ2n) is 7.74. The number of aliphatic carboxylic acids is 2. The van der Waals surface area contributed by atoms with Gasteiger partial charge < -0.3 is 30.5 Å². The Labute approximate surface area is 177 Å². The van der Waals surface area contributed by atoms with Crippen LogP contribution in [0.5, 0.6) is 0 Å². The van der Waals surface area contributed by atoms with E-state index in [1.54, 1.807) is 18.2 Å². The molecule has 0 amide bonds. The molecule has 0 radical (unpaired) electrons. The third kappa shape index (κ3) is 3.41. The molecule has 2 saturated heterocycles. The lowest BCUT2D eigenvalue weighted by molar-refractivity contribution is -0.206. The molecule has 3 rings (SSSR count). The first-order valence-corrected chi connectivity index (χ1v) is 9.92. The number of carbonyl (C=O) groups is 2. The summed E-state index contributed by atoms with van der Waals surface area (Å²) in [6.07, 6.45) is -1.25. The Hall–Kier alpha value is -1.42. The van der Waals surface area contributed by atoms with Crippen molar-refractivity contribution in [3.63, 3.8) is 0 Å². The lowest BCUT2D eigenvalue weighted by atomic mass is 9.61. The second-order valence-corrected chi connectivity index (χ2v) is 8.56. The molecule has 160 valence electrons. The number of ether oxygens (including phenoxy) is 1. The highest BCUT2D eigenvalue weighted by molar-refractivity contribution is 6.42. The van der Waals surface area contributed by atoms with Crippen molar-refractivity contribution in [3.8, 4) is 0 Å². The average Bonchev–Trinajstić information content (AvgIpc) is 3.04. The summed E-state index contributed by atoms with van der Waals surface area (Å²) in [4.78, 5) is 23.6. The van der Waals surface area contributed by atoms with Gasteiger partial charge in [-0.3, -0.25) is 0 Å². The summed E-state index contributed by atoms with van der Waals surface area (Å²) in [5.74, 6) is -4.58. The molecule has 4 unspecified atom stereocenters. The molecule has 1 aromatic rings. The fourth-order valence-corrected chi connectivity index (χ4v) is 5.36. The Morgan fingerprint density at radius 1 is 1.34 bits per heavy atom. The number of methoxy groups -OCH3 is 1. The SMILES string of the molecule is COCC1C(c2ccc(Cl)c(Cl)c2)CC2CCC1([C@](O)(C(=O)O)[C@@H](O)C(=O)O)N2. The molecule has 6 atom stereocenters. The van der Waals surface area contributed by atoms with Crippen LogP contribution in [0.1, 0.15) is 30.7 Å². The number of rotatable bonds is 7. The van der Waals surface area contributed by atoms with Crippen LogP contribution in [0.25, 0.3) is 0 Å². The minimum atomic E-state index is -2.97. The molecule has 5 N–H and O–H groups in total. The van der Waals surface area contributed by atoms with Gasteiger partial charge in [0, 0.05) is 19.1 Å². The van der Waals surface area contributed by atoms with Crippen molar-refractivity contribution in [2.75, 3.05) is 13.7 Å². The van der Waals surface area contributed by atoms with Crippen LogP contribution in [0, 0.1) is 5.92 Å². The monoisotopic (exact) mass is 447 g/mol. The van der Waals surface area contributed by atoms with Crippen molar-refractivity contribution in [1.29, 1.82) is 0 Å². The normalized spacial score (nSPS) is 31.8. The van der Waals surface area contributed by atoms with E-state index in [-0.39, 0.29) is 25.0 Å². The third-order valence-electron chi connectivity index (χ3n) is 6.36. The number of fused-ring (bicyclic) bond motifs is 2. The lowest BCUT2D eigenvalue weighted by Crippen LogP contribution is -2.76. The summed E-state index contributed by atoms with van der Waals surface area (Å²) in [5.41, 5.74) is -3.81. The minimum absolute atomic E-state index is 0.0343. The maximum atomic E-state index is 12.1. The molecule has 1 aromatic carbocycles. The van der Waals surface area contributed by atoms with Gasteiger partial charge in [-0.1, -0.05) is 29.3 Å². The summed E-state index contributed by atoms with van der Waals surface area (Å²) < 4.78 is 5.35. The standard InChI is InChI=1S/C19H23Cl2NO7/c1-29-8-12-11(9-2-3-13(20)14(21)6-9)7-10-4-5-18(12,22-10)19(28,17(26)27)15(23)16(24)25/h2-3,6,10-12,15,22-23,28H,4-5,7-8H2,1H3,(H,24,25)(H,26,27)/t10?,11?,12?,15-,18?,19+/m0/s1. The molecule has 10 heteroatoms. The van der Waals surface area contributed by atoms with Gasteiger partial charge in [0.2, 0.25) is 5.60 Å². The summed E-state index contributed by atoms with van der Waals surface area (Å²) in [6, 6.07) is 4.92. The van der Waals surface area contributed by atoms with Gasteiger partial charge >= 0.3 is 11.9 Å². The summed E-state index contributed by atoms with van der Waals surface area (Å²) in [7, 11) is 1.44. The van der Waals surface area contributed by atoms with Crippen LogP contribution in [-0.4, -0.2) is 69.4 Å². The van der Waals surface area contributed by atoms with Crippen molar-refractivity contribution < 1.29 is 34.8 Å². The van der Waals surface area contributed by atoms with E-state index in [1.165, 1.54) is 7.11 Å². The van der Waals surface area contributed by atoms with Gasteiger partial charge in [0.25, 0.3) is 0 Å². The minimum Gasteiger partial charge on any atom is -0.479 e. The number of piperidine rings is 1. The molecule has 0 aromatic heterocycles. The number of carboxylic acid groups (broad SMARTS) is 2. The Morgan fingerprint density at radius 2 is 2.03 bits per heavy atom. The van der Waals surface area contributed by atoms with Gasteiger partial charge in [0.15, 0.2) is 6.10 Å². The van der Waals surface area contributed by atoms with Crippen molar-refractivity contribution in [1.82, 2.24) is 5.32 Å².